The van der Waals surface area contributed by atoms with Crippen LogP contribution in [0.3, 0.4) is 0 Å². The molecule has 1 aromatic carbocycles. The Morgan fingerprint density at radius 2 is 2.15 bits per heavy atom. The molecular formula is C13H14FN3O3. The minimum absolute atomic E-state index is 0.0617. The minimum atomic E-state index is -0.298. The zero-order chi connectivity index (χ0) is 14.4. The summed E-state index contributed by atoms with van der Waals surface area (Å²) in [5, 5.41) is 6.30. The molecule has 20 heavy (non-hydrogen) atoms. The molecule has 0 aliphatic carbocycles. The van der Waals surface area contributed by atoms with Crippen LogP contribution in [0, 0.1) is 5.82 Å². The van der Waals surface area contributed by atoms with Crippen molar-refractivity contribution in [3.63, 3.8) is 0 Å². The van der Waals surface area contributed by atoms with Crippen LogP contribution in [0.15, 0.2) is 28.8 Å². The van der Waals surface area contributed by atoms with E-state index in [1.807, 2.05) is 6.92 Å². The van der Waals surface area contributed by atoms with Crippen molar-refractivity contribution in [3.8, 4) is 6.08 Å². The van der Waals surface area contributed by atoms with Gasteiger partial charge < -0.3 is 10.1 Å². The van der Waals surface area contributed by atoms with Gasteiger partial charge in [-0.3, -0.25) is 9.32 Å². The molecule has 0 spiro atoms. The van der Waals surface area contributed by atoms with Crippen LogP contribution in [0.2, 0.25) is 0 Å². The summed E-state index contributed by atoms with van der Waals surface area (Å²) >= 11 is 0. The summed E-state index contributed by atoms with van der Waals surface area (Å²) in [4.78, 5) is 15.2. The molecule has 0 saturated heterocycles. The number of carbonyl (C=O) groups is 1. The van der Waals surface area contributed by atoms with Gasteiger partial charge >= 0.3 is 6.08 Å². The maximum atomic E-state index is 12.8. The Bertz CT molecular complexity index is 568. The largest absolute Gasteiger partial charge is 0.439 e. The number of ether oxygens (including phenoxy) is 1. The van der Waals surface area contributed by atoms with Gasteiger partial charge in [0.2, 0.25) is 0 Å². The molecule has 2 aromatic rings. The fraction of sp³-hybridized carbons (Fsp3) is 0.308. The summed E-state index contributed by atoms with van der Waals surface area (Å²) in [5.74, 6) is -0.152. The number of nitrogens with zero attached hydrogens (tertiary/aromatic N) is 2. The van der Waals surface area contributed by atoms with Crippen molar-refractivity contribution < 1.29 is 18.4 Å². The summed E-state index contributed by atoms with van der Waals surface area (Å²) in [6.45, 7) is 2.17. The quantitative estimate of drug-likeness (QED) is 0.862. The fourth-order valence-corrected chi connectivity index (χ4v) is 1.53. The molecule has 7 heteroatoms. The number of halogens is 1. The first-order chi connectivity index (χ1) is 9.67. The zero-order valence-electron chi connectivity index (χ0n) is 10.9. The molecule has 1 aromatic heterocycles. The lowest BCUT2D eigenvalue weighted by atomic mass is 10.1. The van der Waals surface area contributed by atoms with E-state index in [0.29, 0.717) is 18.8 Å². The molecule has 6 nitrogen and oxygen atoms in total. The fourth-order valence-electron chi connectivity index (χ4n) is 1.53. The van der Waals surface area contributed by atoms with E-state index < -0.39 is 0 Å². The molecule has 1 amide bonds. The topological polar surface area (TPSA) is 77.2 Å². The highest BCUT2D eigenvalue weighted by atomic mass is 19.1. The average Bonchev–Trinajstić information content (AvgIpc) is 2.87. The van der Waals surface area contributed by atoms with Crippen molar-refractivity contribution in [2.45, 2.75) is 13.3 Å². The van der Waals surface area contributed by atoms with Gasteiger partial charge in [0, 0.05) is 13.0 Å². The Labute approximate surface area is 114 Å². The van der Waals surface area contributed by atoms with Crippen LogP contribution in [0.25, 0.3) is 0 Å². The highest BCUT2D eigenvalue weighted by molar-refractivity contribution is 5.77. The smallest absolute Gasteiger partial charge is 0.417 e. The monoisotopic (exact) mass is 279 g/mol. The number of likely N-dealkylation sites (N-methyl/N-ethyl adjacent to an activating group) is 1. The maximum absolute atomic E-state index is 12.8. The second-order valence-corrected chi connectivity index (χ2v) is 4.02. The third-order valence-electron chi connectivity index (χ3n) is 2.43. The first kappa shape index (κ1) is 14.0. The summed E-state index contributed by atoms with van der Waals surface area (Å²) in [5.41, 5.74) is 0.850. The second-order valence-electron chi connectivity index (χ2n) is 4.02. The van der Waals surface area contributed by atoms with Gasteiger partial charge in [-0.15, -0.1) is 0 Å². The maximum Gasteiger partial charge on any atom is 0.417 e. The van der Waals surface area contributed by atoms with Crippen molar-refractivity contribution in [2.24, 2.45) is 0 Å². The molecule has 0 atom stereocenters. The molecule has 0 radical (unpaired) electrons. The highest BCUT2D eigenvalue weighted by Crippen LogP contribution is 2.11. The van der Waals surface area contributed by atoms with Crippen LogP contribution in [-0.2, 0) is 11.2 Å². The van der Waals surface area contributed by atoms with Crippen molar-refractivity contribution >= 4 is 5.91 Å². The molecule has 106 valence electrons. The molecule has 1 heterocycles. The number of aromatic nitrogens is 2. The van der Waals surface area contributed by atoms with Crippen LogP contribution in [0.5, 0.6) is 6.08 Å². The number of benzene rings is 1. The van der Waals surface area contributed by atoms with Crippen LogP contribution in [-0.4, -0.2) is 29.2 Å². The van der Waals surface area contributed by atoms with Crippen LogP contribution < -0.4 is 10.1 Å². The molecule has 0 unspecified atom stereocenters. The molecular weight excluding hydrogens is 265 g/mol. The van der Waals surface area contributed by atoms with Crippen molar-refractivity contribution in [1.82, 2.24) is 15.5 Å². The number of hydrogen-bond donors (Lipinski definition) is 1. The minimum Gasteiger partial charge on any atom is -0.439 e. The van der Waals surface area contributed by atoms with Crippen molar-refractivity contribution in [1.29, 1.82) is 0 Å². The van der Waals surface area contributed by atoms with Gasteiger partial charge in [-0.25, -0.2) is 4.39 Å². The van der Waals surface area contributed by atoms with Gasteiger partial charge in [0.15, 0.2) is 12.4 Å². The van der Waals surface area contributed by atoms with Gasteiger partial charge in [-0.05, 0) is 24.6 Å². The average molecular weight is 279 g/mol. The Morgan fingerprint density at radius 1 is 1.40 bits per heavy atom. The summed E-state index contributed by atoms with van der Waals surface area (Å²) < 4.78 is 22.7. The third kappa shape index (κ3) is 4.04. The second kappa shape index (κ2) is 6.65. The van der Waals surface area contributed by atoms with E-state index in [1.54, 1.807) is 12.1 Å². The first-order valence-electron chi connectivity index (χ1n) is 6.14. The third-order valence-corrected chi connectivity index (χ3v) is 2.43. The zero-order valence-corrected chi connectivity index (χ0v) is 10.9. The van der Waals surface area contributed by atoms with Gasteiger partial charge in [-0.1, -0.05) is 17.3 Å². The lowest BCUT2D eigenvalue weighted by molar-refractivity contribution is -0.123. The van der Waals surface area contributed by atoms with E-state index in [9.17, 15) is 9.18 Å². The highest BCUT2D eigenvalue weighted by Gasteiger charge is 2.10. The predicted octanol–water partition coefficient (Wildman–Crippen LogP) is 1.31. The van der Waals surface area contributed by atoms with Crippen molar-refractivity contribution in [2.75, 3.05) is 13.2 Å². The number of nitrogens with one attached hydrogen (secondary N) is 1. The SMILES string of the molecule is CCNC(=O)COc1nc(Cc2ccc(F)cc2)no1. The molecule has 0 fully saturated rings. The Hall–Kier alpha value is -2.44. The predicted molar refractivity (Wildman–Crippen MR) is 67.7 cm³/mol. The normalized spacial score (nSPS) is 10.3. The van der Waals surface area contributed by atoms with Crippen LogP contribution >= 0.6 is 0 Å². The van der Waals surface area contributed by atoms with E-state index in [1.165, 1.54) is 12.1 Å². The number of amides is 1. The molecule has 0 bridgehead atoms. The summed E-state index contributed by atoms with van der Waals surface area (Å²) in [6.07, 6.45) is 0.335. The van der Waals surface area contributed by atoms with E-state index in [0.717, 1.165) is 5.56 Å². The Kier molecular flexibility index (Phi) is 4.65. The molecule has 2 rings (SSSR count). The number of carbonyl (C=O) groups excluding carboxylic acids is 1. The Balaban J connectivity index is 1.88. The Morgan fingerprint density at radius 3 is 2.85 bits per heavy atom. The number of hydrogen-bond acceptors (Lipinski definition) is 5. The lowest BCUT2D eigenvalue weighted by Crippen LogP contribution is -2.28. The molecule has 0 saturated carbocycles. The first-order valence-corrected chi connectivity index (χ1v) is 6.14. The molecule has 1 N–H and O–H groups in total. The molecule has 0 aliphatic rings. The van der Waals surface area contributed by atoms with Crippen LogP contribution in [0.1, 0.15) is 18.3 Å². The van der Waals surface area contributed by atoms with E-state index in [-0.39, 0.29) is 24.4 Å². The van der Waals surface area contributed by atoms with Gasteiger partial charge in [0.05, 0.1) is 0 Å². The summed E-state index contributed by atoms with van der Waals surface area (Å²) in [7, 11) is 0. The van der Waals surface area contributed by atoms with Gasteiger partial charge in [-0.2, -0.15) is 4.98 Å². The van der Waals surface area contributed by atoms with Crippen LogP contribution in [0.4, 0.5) is 4.39 Å². The van der Waals surface area contributed by atoms with E-state index in [4.69, 9.17) is 9.26 Å². The van der Waals surface area contributed by atoms with Crippen molar-refractivity contribution in [3.05, 3.63) is 41.5 Å². The van der Waals surface area contributed by atoms with E-state index >= 15 is 0 Å². The lowest BCUT2D eigenvalue weighted by Gasteiger charge is -2.00. The van der Waals surface area contributed by atoms with Gasteiger partial charge in [0.25, 0.3) is 5.91 Å². The summed E-state index contributed by atoms with van der Waals surface area (Å²) in [6, 6.07) is 6.01. The number of rotatable bonds is 6. The standard InChI is InChI=1S/C13H14FN3O3/c1-2-15-12(18)8-19-13-16-11(17-20-13)7-9-3-5-10(14)6-4-9/h3-6H,2,7-8H2,1H3,(H,15,18). The van der Waals surface area contributed by atoms with E-state index in [2.05, 4.69) is 15.5 Å². The van der Waals surface area contributed by atoms with Gasteiger partial charge in [0.1, 0.15) is 5.82 Å². The molecule has 0 aliphatic heterocycles.